The standard InChI is InChI=1S/C15H21NO4/c1-18-12-6-11(7-13-14(12)20-10-19-13)8-16-15(9-17)4-2-3-5-15/h6-7,16-17H,2-5,8-10H2,1H3. The molecule has 0 bridgehead atoms. The van der Waals surface area contributed by atoms with Gasteiger partial charge in [0.05, 0.1) is 13.7 Å². The van der Waals surface area contributed by atoms with Gasteiger partial charge in [0, 0.05) is 12.1 Å². The third-order valence-corrected chi connectivity index (χ3v) is 4.25. The lowest BCUT2D eigenvalue weighted by atomic mass is 9.98. The lowest BCUT2D eigenvalue weighted by Crippen LogP contribution is -2.45. The van der Waals surface area contributed by atoms with Gasteiger partial charge in [-0.3, -0.25) is 0 Å². The number of fused-ring (bicyclic) bond motifs is 1. The predicted octanol–water partition coefficient (Wildman–Crippen LogP) is 1.82. The van der Waals surface area contributed by atoms with Crippen molar-refractivity contribution in [3.8, 4) is 17.2 Å². The predicted molar refractivity (Wildman–Crippen MR) is 74.2 cm³/mol. The van der Waals surface area contributed by atoms with Crippen molar-refractivity contribution in [1.82, 2.24) is 5.32 Å². The van der Waals surface area contributed by atoms with E-state index in [1.807, 2.05) is 12.1 Å². The summed E-state index contributed by atoms with van der Waals surface area (Å²) in [6.45, 7) is 1.12. The largest absolute Gasteiger partial charge is 0.493 e. The van der Waals surface area contributed by atoms with Gasteiger partial charge in [-0.2, -0.15) is 0 Å². The summed E-state index contributed by atoms with van der Waals surface area (Å²) in [6.07, 6.45) is 4.42. The Morgan fingerprint density at radius 2 is 2.10 bits per heavy atom. The van der Waals surface area contributed by atoms with Gasteiger partial charge in [0.15, 0.2) is 11.5 Å². The zero-order chi connectivity index (χ0) is 14.0. The minimum Gasteiger partial charge on any atom is -0.493 e. The molecule has 5 nitrogen and oxygen atoms in total. The van der Waals surface area contributed by atoms with E-state index in [4.69, 9.17) is 14.2 Å². The van der Waals surface area contributed by atoms with Gasteiger partial charge < -0.3 is 24.6 Å². The number of aliphatic hydroxyl groups is 1. The molecular formula is C15H21NO4. The van der Waals surface area contributed by atoms with Gasteiger partial charge in [0.2, 0.25) is 12.5 Å². The van der Waals surface area contributed by atoms with Gasteiger partial charge in [-0.05, 0) is 30.5 Å². The molecular weight excluding hydrogens is 258 g/mol. The number of nitrogens with one attached hydrogen (secondary N) is 1. The number of rotatable bonds is 5. The highest BCUT2D eigenvalue weighted by Gasteiger charge is 2.32. The van der Waals surface area contributed by atoms with Gasteiger partial charge in [0.1, 0.15) is 0 Å². The Balaban J connectivity index is 1.74. The summed E-state index contributed by atoms with van der Waals surface area (Å²) in [6, 6.07) is 3.93. The summed E-state index contributed by atoms with van der Waals surface area (Å²) in [5.41, 5.74) is 0.953. The first kappa shape index (κ1) is 13.5. The van der Waals surface area contributed by atoms with Crippen molar-refractivity contribution >= 4 is 0 Å². The van der Waals surface area contributed by atoms with Crippen LogP contribution in [0.1, 0.15) is 31.2 Å². The van der Waals surface area contributed by atoms with Crippen molar-refractivity contribution < 1.29 is 19.3 Å². The van der Waals surface area contributed by atoms with Crippen LogP contribution in [0.2, 0.25) is 0 Å². The Morgan fingerprint density at radius 3 is 2.80 bits per heavy atom. The second kappa shape index (κ2) is 5.50. The van der Waals surface area contributed by atoms with Crippen molar-refractivity contribution in [3.05, 3.63) is 17.7 Å². The first-order chi connectivity index (χ1) is 9.76. The molecule has 2 aliphatic rings. The van der Waals surface area contributed by atoms with Gasteiger partial charge in [0.25, 0.3) is 0 Å². The molecule has 1 aliphatic heterocycles. The summed E-state index contributed by atoms with van der Waals surface area (Å²) < 4.78 is 16.2. The van der Waals surface area contributed by atoms with E-state index in [9.17, 15) is 5.11 Å². The number of aliphatic hydroxyl groups excluding tert-OH is 1. The normalized spacial score (nSPS) is 19.3. The molecule has 1 aromatic carbocycles. The highest BCUT2D eigenvalue weighted by Crippen LogP contribution is 2.42. The molecule has 20 heavy (non-hydrogen) atoms. The monoisotopic (exact) mass is 279 g/mol. The molecule has 3 rings (SSSR count). The maximum absolute atomic E-state index is 9.62. The highest BCUT2D eigenvalue weighted by molar-refractivity contribution is 5.55. The van der Waals surface area contributed by atoms with E-state index in [2.05, 4.69) is 5.32 Å². The molecule has 0 atom stereocenters. The molecule has 5 heteroatoms. The minimum absolute atomic E-state index is 0.121. The number of methoxy groups -OCH3 is 1. The van der Waals surface area contributed by atoms with Crippen LogP contribution in [0.4, 0.5) is 0 Å². The summed E-state index contributed by atoms with van der Waals surface area (Å²) in [5, 5.41) is 13.1. The fourth-order valence-corrected chi connectivity index (χ4v) is 3.02. The van der Waals surface area contributed by atoms with E-state index >= 15 is 0 Å². The van der Waals surface area contributed by atoms with Crippen LogP contribution in [0.3, 0.4) is 0 Å². The molecule has 110 valence electrons. The van der Waals surface area contributed by atoms with Crippen LogP contribution < -0.4 is 19.5 Å². The molecule has 0 amide bonds. The van der Waals surface area contributed by atoms with Crippen LogP contribution in [-0.2, 0) is 6.54 Å². The van der Waals surface area contributed by atoms with E-state index in [0.717, 1.165) is 24.2 Å². The zero-order valence-electron chi connectivity index (χ0n) is 11.8. The van der Waals surface area contributed by atoms with Gasteiger partial charge in [-0.25, -0.2) is 0 Å². The molecule has 1 heterocycles. The summed E-state index contributed by atoms with van der Waals surface area (Å²) >= 11 is 0. The number of hydrogen-bond acceptors (Lipinski definition) is 5. The van der Waals surface area contributed by atoms with Crippen LogP contribution in [0.5, 0.6) is 17.2 Å². The second-order valence-electron chi connectivity index (χ2n) is 5.53. The highest BCUT2D eigenvalue weighted by atomic mass is 16.7. The third-order valence-electron chi connectivity index (χ3n) is 4.25. The maximum Gasteiger partial charge on any atom is 0.231 e. The molecule has 1 aromatic rings. The number of ether oxygens (including phenoxy) is 3. The van der Waals surface area contributed by atoms with Gasteiger partial charge in [-0.1, -0.05) is 12.8 Å². The molecule has 0 saturated heterocycles. The van der Waals surface area contributed by atoms with E-state index in [1.165, 1.54) is 12.8 Å². The number of hydrogen-bond donors (Lipinski definition) is 2. The SMILES string of the molecule is COc1cc(CNC2(CO)CCCC2)cc2c1OCO2. The first-order valence-corrected chi connectivity index (χ1v) is 7.09. The fraction of sp³-hybridized carbons (Fsp3) is 0.600. The quantitative estimate of drug-likeness (QED) is 0.861. The zero-order valence-corrected chi connectivity index (χ0v) is 11.8. The van der Waals surface area contributed by atoms with Crippen molar-refractivity contribution in [2.24, 2.45) is 0 Å². The van der Waals surface area contributed by atoms with Gasteiger partial charge in [-0.15, -0.1) is 0 Å². The Labute approximate surface area is 118 Å². The lowest BCUT2D eigenvalue weighted by molar-refractivity contribution is 0.163. The van der Waals surface area contributed by atoms with Crippen LogP contribution in [0, 0.1) is 0 Å². The Hall–Kier alpha value is -1.46. The molecule has 0 unspecified atom stereocenters. The maximum atomic E-state index is 9.62. The summed E-state index contributed by atoms with van der Waals surface area (Å²) in [4.78, 5) is 0. The van der Waals surface area contributed by atoms with Crippen LogP contribution in [0.25, 0.3) is 0 Å². The number of benzene rings is 1. The average Bonchev–Trinajstić information content (AvgIpc) is 3.13. The summed E-state index contributed by atoms with van der Waals surface area (Å²) in [5.74, 6) is 2.10. The van der Waals surface area contributed by atoms with Crippen molar-refractivity contribution in [2.45, 2.75) is 37.8 Å². The Kier molecular flexibility index (Phi) is 3.72. The van der Waals surface area contributed by atoms with E-state index in [-0.39, 0.29) is 18.9 Å². The van der Waals surface area contributed by atoms with Crippen LogP contribution in [-0.4, -0.2) is 31.2 Å². The van der Waals surface area contributed by atoms with E-state index in [1.54, 1.807) is 7.11 Å². The molecule has 1 saturated carbocycles. The van der Waals surface area contributed by atoms with Crippen molar-refractivity contribution in [1.29, 1.82) is 0 Å². The first-order valence-electron chi connectivity index (χ1n) is 7.09. The Morgan fingerprint density at radius 1 is 1.30 bits per heavy atom. The molecule has 0 radical (unpaired) electrons. The van der Waals surface area contributed by atoms with Crippen molar-refractivity contribution in [2.75, 3.05) is 20.5 Å². The molecule has 0 spiro atoms. The van der Waals surface area contributed by atoms with E-state index in [0.29, 0.717) is 18.0 Å². The third kappa shape index (κ3) is 2.43. The topological polar surface area (TPSA) is 60.0 Å². The van der Waals surface area contributed by atoms with Crippen LogP contribution >= 0.6 is 0 Å². The van der Waals surface area contributed by atoms with Gasteiger partial charge >= 0.3 is 0 Å². The smallest absolute Gasteiger partial charge is 0.231 e. The summed E-state index contributed by atoms with van der Waals surface area (Å²) in [7, 11) is 1.63. The fourth-order valence-electron chi connectivity index (χ4n) is 3.02. The molecule has 2 N–H and O–H groups in total. The molecule has 0 aromatic heterocycles. The Bertz CT molecular complexity index is 483. The molecule has 1 aliphatic carbocycles. The molecule has 1 fully saturated rings. The second-order valence-corrected chi connectivity index (χ2v) is 5.53. The van der Waals surface area contributed by atoms with Crippen LogP contribution in [0.15, 0.2) is 12.1 Å². The van der Waals surface area contributed by atoms with Crippen molar-refractivity contribution in [3.63, 3.8) is 0 Å². The average molecular weight is 279 g/mol. The lowest BCUT2D eigenvalue weighted by Gasteiger charge is -2.28. The van der Waals surface area contributed by atoms with E-state index < -0.39 is 0 Å². The minimum atomic E-state index is -0.121.